The summed E-state index contributed by atoms with van der Waals surface area (Å²) in [6.07, 6.45) is 2.48. The average molecular weight is 323 g/mol. The predicted molar refractivity (Wildman–Crippen MR) is 101 cm³/mol. The standard InChI is InChI=1S/C20H25N3O/c1-14-7-6-10-23(13-14)19-12-18(17(21)11-15(19)2)22-20(24)16-8-4-3-5-9-16/h3-5,8-9,11-12,14H,6-7,10,13,21H2,1-2H3,(H,22,24)/t14-/m1/s1. The van der Waals surface area contributed by atoms with Crippen molar-refractivity contribution in [3.05, 3.63) is 53.6 Å². The highest BCUT2D eigenvalue weighted by Crippen LogP contribution is 2.32. The largest absolute Gasteiger partial charge is 0.397 e. The maximum atomic E-state index is 12.4. The van der Waals surface area contributed by atoms with E-state index in [1.165, 1.54) is 18.5 Å². The van der Waals surface area contributed by atoms with E-state index in [1.807, 2.05) is 30.3 Å². The van der Waals surface area contributed by atoms with Crippen LogP contribution in [0.25, 0.3) is 0 Å². The molecule has 1 fully saturated rings. The van der Waals surface area contributed by atoms with Crippen molar-refractivity contribution >= 4 is 23.0 Å². The first-order valence-corrected chi connectivity index (χ1v) is 8.56. The Morgan fingerprint density at radius 1 is 1.25 bits per heavy atom. The van der Waals surface area contributed by atoms with Crippen LogP contribution in [-0.2, 0) is 0 Å². The van der Waals surface area contributed by atoms with Gasteiger partial charge < -0.3 is 16.0 Å². The number of anilines is 3. The number of hydrogen-bond donors (Lipinski definition) is 2. The summed E-state index contributed by atoms with van der Waals surface area (Å²) >= 11 is 0. The molecule has 0 bridgehead atoms. The minimum absolute atomic E-state index is 0.135. The van der Waals surface area contributed by atoms with Crippen LogP contribution < -0.4 is 16.0 Å². The molecule has 3 N–H and O–H groups in total. The van der Waals surface area contributed by atoms with Gasteiger partial charge in [0.25, 0.3) is 5.91 Å². The smallest absolute Gasteiger partial charge is 0.255 e. The maximum Gasteiger partial charge on any atom is 0.255 e. The lowest BCUT2D eigenvalue weighted by Crippen LogP contribution is -2.34. The molecule has 0 saturated carbocycles. The first-order chi connectivity index (χ1) is 11.5. The van der Waals surface area contributed by atoms with Crippen molar-refractivity contribution in [3.8, 4) is 0 Å². The number of piperidine rings is 1. The molecule has 126 valence electrons. The van der Waals surface area contributed by atoms with Crippen molar-refractivity contribution in [2.24, 2.45) is 5.92 Å². The third kappa shape index (κ3) is 3.53. The predicted octanol–water partition coefficient (Wildman–Crippen LogP) is 4.07. The minimum Gasteiger partial charge on any atom is -0.397 e. The quantitative estimate of drug-likeness (QED) is 0.837. The highest BCUT2D eigenvalue weighted by Gasteiger charge is 2.19. The number of nitrogens with two attached hydrogens (primary N) is 1. The van der Waals surface area contributed by atoms with Gasteiger partial charge in [0.05, 0.1) is 11.4 Å². The number of aryl methyl sites for hydroxylation is 1. The maximum absolute atomic E-state index is 12.4. The SMILES string of the molecule is Cc1cc(N)c(NC(=O)c2ccccc2)cc1N1CCC[C@@H](C)C1. The zero-order valence-electron chi connectivity index (χ0n) is 14.4. The minimum atomic E-state index is -0.135. The lowest BCUT2D eigenvalue weighted by Gasteiger charge is -2.34. The van der Waals surface area contributed by atoms with Gasteiger partial charge in [-0.3, -0.25) is 4.79 Å². The summed E-state index contributed by atoms with van der Waals surface area (Å²) in [6.45, 7) is 6.47. The van der Waals surface area contributed by atoms with Gasteiger partial charge in [-0.15, -0.1) is 0 Å². The Morgan fingerprint density at radius 2 is 2.00 bits per heavy atom. The molecule has 4 nitrogen and oxygen atoms in total. The number of benzene rings is 2. The topological polar surface area (TPSA) is 58.4 Å². The number of rotatable bonds is 3. The van der Waals surface area contributed by atoms with E-state index >= 15 is 0 Å². The first-order valence-electron chi connectivity index (χ1n) is 8.56. The molecule has 4 heteroatoms. The monoisotopic (exact) mass is 323 g/mol. The summed E-state index contributed by atoms with van der Waals surface area (Å²) in [7, 11) is 0. The molecule has 0 spiro atoms. The number of carbonyl (C=O) groups is 1. The molecular formula is C20H25N3O. The molecule has 3 rings (SSSR count). The Balaban J connectivity index is 1.85. The van der Waals surface area contributed by atoms with E-state index in [2.05, 4.69) is 24.1 Å². The van der Waals surface area contributed by atoms with Gasteiger partial charge in [-0.2, -0.15) is 0 Å². The number of nitrogen functional groups attached to an aromatic ring is 1. The molecule has 2 aromatic rings. The fraction of sp³-hybridized carbons (Fsp3) is 0.350. The molecule has 0 unspecified atom stereocenters. The van der Waals surface area contributed by atoms with Crippen LogP contribution in [0, 0.1) is 12.8 Å². The third-order valence-electron chi connectivity index (χ3n) is 4.65. The van der Waals surface area contributed by atoms with Crippen molar-refractivity contribution < 1.29 is 4.79 Å². The van der Waals surface area contributed by atoms with Crippen LogP contribution >= 0.6 is 0 Å². The van der Waals surface area contributed by atoms with E-state index in [4.69, 9.17) is 5.73 Å². The van der Waals surface area contributed by atoms with E-state index in [0.717, 1.165) is 18.7 Å². The molecule has 2 aromatic carbocycles. The Hall–Kier alpha value is -2.49. The molecule has 0 aromatic heterocycles. The summed E-state index contributed by atoms with van der Waals surface area (Å²) in [5.41, 5.74) is 10.4. The van der Waals surface area contributed by atoms with Crippen LogP contribution in [0.2, 0.25) is 0 Å². The Morgan fingerprint density at radius 3 is 2.71 bits per heavy atom. The van der Waals surface area contributed by atoms with Crippen LogP contribution in [0.4, 0.5) is 17.1 Å². The van der Waals surface area contributed by atoms with Gasteiger partial charge in [0.15, 0.2) is 0 Å². The Bertz CT molecular complexity index is 727. The van der Waals surface area contributed by atoms with Crippen molar-refractivity contribution in [3.63, 3.8) is 0 Å². The van der Waals surface area contributed by atoms with E-state index in [9.17, 15) is 4.79 Å². The summed E-state index contributed by atoms with van der Waals surface area (Å²) < 4.78 is 0. The van der Waals surface area contributed by atoms with Crippen LogP contribution in [0.3, 0.4) is 0 Å². The molecular weight excluding hydrogens is 298 g/mol. The van der Waals surface area contributed by atoms with Crippen molar-refractivity contribution in [2.45, 2.75) is 26.7 Å². The Kier molecular flexibility index (Phi) is 4.74. The van der Waals surface area contributed by atoms with Gasteiger partial charge in [0.1, 0.15) is 0 Å². The van der Waals surface area contributed by atoms with Crippen molar-refractivity contribution in [1.29, 1.82) is 0 Å². The highest BCUT2D eigenvalue weighted by atomic mass is 16.1. The van der Waals surface area contributed by atoms with E-state index < -0.39 is 0 Å². The molecule has 1 saturated heterocycles. The second-order valence-corrected chi connectivity index (χ2v) is 6.74. The Labute approximate surface area is 143 Å². The van der Waals surface area contributed by atoms with Gasteiger partial charge in [0.2, 0.25) is 0 Å². The number of nitrogens with zero attached hydrogens (tertiary/aromatic N) is 1. The van der Waals surface area contributed by atoms with Crippen molar-refractivity contribution in [2.75, 3.05) is 29.0 Å². The molecule has 1 aliphatic heterocycles. The zero-order chi connectivity index (χ0) is 17.1. The van der Waals surface area contributed by atoms with Gasteiger partial charge in [-0.25, -0.2) is 0 Å². The van der Waals surface area contributed by atoms with Gasteiger partial charge in [-0.05, 0) is 55.5 Å². The van der Waals surface area contributed by atoms with E-state index in [-0.39, 0.29) is 5.91 Å². The number of nitrogens with one attached hydrogen (secondary N) is 1. The highest BCUT2D eigenvalue weighted by molar-refractivity contribution is 6.06. The molecule has 1 amide bonds. The molecule has 24 heavy (non-hydrogen) atoms. The second kappa shape index (κ2) is 6.95. The second-order valence-electron chi connectivity index (χ2n) is 6.74. The van der Waals surface area contributed by atoms with E-state index in [1.54, 1.807) is 12.1 Å². The van der Waals surface area contributed by atoms with Crippen molar-refractivity contribution in [1.82, 2.24) is 0 Å². The summed E-state index contributed by atoms with van der Waals surface area (Å²) in [4.78, 5) is 14.8. The fourth-order valence-electron chi connectivity index (χ4n) is 3.36. The molecule has 1 aliphatic rings. The van der Waals surface area contributed by atoms with Crippen LogP contribution in [0.1, 0.15) is 35.7 Å². The van der Waals surface area contributed by atoms with Gasteiger partial charge in [0, 0.05) is 24.3 Å². The number of carbonyl (C=O) groups excluding carboxylic acids is 1. The van der Waals surface area contributed by atoms with E-state index in [0.29, 0.717) is 22.9 Å². The van der Waals surface area contributed by atoms with Crippen LogP contribution in [0.5, 0.6) is 0 Å². The lowest BCUT2D eigenvalue weighted by molar-refractivity contribution is 0.102. The molecule has 0 radical (unpaired) electrons. The van der Waals surface area contributed by atoms with Crippen LogP contribution in [-0.4, -0.2) is 19.0 Å². The number of hydrogen-bond acceptors (Lipinski definition) is 3. The normalized spacial score (nSPS) is 17.6. The van der Waals surface area contributed by atoms with Gasteiger partial charge in [-0.1, -0.05) is 25.1 Å². The first kappa shape index (κ1) is 16.4. The summed E-state index contributed by atoms with van der Waals surface area (Å²) in [5.74, 6) is 0.558. The molecule has 1 atom stereocenters. The fourth-order valence-corrected chi connectivity index (χ4v) is 3.36. The summed E-state index contributed by atoms with van der Waals surface area (Å²) in [5, 5.41) is 2.95. The summed E-state index contributed by atoms with van der Waals surface area (Å²) in [6, 6.07) is 13.2. The molecule has 1 heterocycles. The third-order valence-corrected chi connectivity index (χ3v) is 4.65. The van der Waals surface area contributed by atoms with Crippen LogP contribution in [0.15, 0.2) is 42.5 Å². The average Bonchev–Trinajstić information content (AvgIpc) is 2.58. The molecule has 0 aliphatic carbocycles. The lowest BCUT2D eigenvalue weighted by atomic mass is 9.98. The zero-order valence-corrected chi connectivity index (χ0v) is 14.4. The van der Waals surface area contributed by atoms with Gasteiger partial charge >= 0.3 is 0 Å². The number of amides is 1.